The molecular weight excluding hydrogens is 256 g/mol. The zero-order valence-corrected chi connectivity index (χ0v) is 13.5. The van der Waals surface area contributed by atoms with Crippen LogP contribution in [0.2, 0.25) is 0 Å². The SMILES string of the molecule is CCCNC(C1CCCCC1)C1CCCc2cccnc21. The van der Waals surface area contributed by atoms with E-state index < -0.39 is 0 Å². The summed E-state index contributed by atoms with van der Waals surface area (Å²) in [6, 6.07) is 5.06. The van der Waals surface area contributed by atoms with E-state index in [2.05, 4.69) is 24.4 Å². The van der Waals surface area contributed by atoms with Crippen LogP contribution in [0.1, 0.15) is 75.5 Å². The highest BCUT2D eigenvalue weighted by molar-refractivity contribution is 5.27. The van der Waals surface area contributed by atoms with E-state index in [0.717, 1.165) is 12.5 Å². The lowest BCUT2D eigenvalue weighted by Gasteiger charge is -2.38. The first kappa shape index (κ1) is 15.0. The lowest BCUT2D eigenvalue weighted by Crippen LogP contribution is -2.43. The monoisotopic (exact) mass is 286 g/mol. The van der Waals surface area contributed by atoms with Crippen molar-refractivity contribution in [2.45, 2.75) is 76.7 Å². The summed E-state index contributed by atoms with van der Waals surface area (Å²) >= 11 is 0. The molecule has 1 saturated carbocycles. The minimum absolute atomic E-state index is 0.643. The molecule has 0 amide bonds. The average molecular weight is 286 g/mol. The molecule has 0 radical (unpaired) electrons. The number of nitrogens with one attached hydrogen (secondary N) is 1. The molecule has 2 aliphatic rings. The van der Waals surface area contributed by atoms with Crippen LogP contribution < -0.4 is 5.32 Å². The van der Waals surface area contributed by atoms with E-state index in [0.29, 0.717) is 12.0 Å². The lowest BCUT2D eigenvalue weighted by molar-refractivity contribution is 0.226. The Morgan fingerprint density at radius 3 is 2.86 bits per heavy atom. The maximum absolute atomic E-state index is 4.78. The summed E-state index contributed by atoms with van der Waals surface area (Å²) in [5.41, 5.74) is 2.91. The topological polar surface area (TPSA) is 24.9 Å². The van der Waals surface area contributed by atoms with Crippen LogP contribution >= 0.6 is 0 Å². The molecule has 116 valence electrons. The van der Waals surface area contributed by atoms with Crippen LogP contribution in [-0.2, 0) is 6.42 Å². The Kier molecular flexibility index (Phi) is 5.29. The first-order valence-electron chi connectivity index (χ1n) is 9.07. The minimum Gasteiger partial charge on any atom is -0.313 e. The lowest BCUT2D eigenvalue weighted by atomic mass is 9.73. The van der Waals surface area contributed by atoms with Gasteiger partial charge in [-0.25, -0.2) is 0 Å². The van der Waals surface area contributed by atoms with Gasteiger partial charge in [-0.05, 0) is 62.6 Å². The summed E-state index contributed by atoms with van der Waals surface area (Å²) in [5.74, 6) is 1.51. The van der Waals surface area contributed by atoms with Gasteiger partial charge in [0.05, 0.1) is 0 Å². The van der Waals surface area contributed by atoms with Crippen LogP contribution in [0.4, 0.5) is 0 Å². The van der Waals surface area contributed by atoms with Gasteiger partial charge in [0, 0.05) is 23.9 Å². The molecule has 1 N–H and O–H groups in total. The van der Waals surface area contributed by atoms with Gasteiger partial charge >= 0.3 is 0 Å². The minimum atomic E-state index is 0.643. The molecule has 0 aliphatic heterocycles. The number of hydrogen-bond donors (Lipinski definition) is 1. The van der Waals surface area contributed by atoms with Crippen molar-refractivity contribution in [1.82, 2.24) is 10.3 Å². The number of nitrogens with zero attached hydrogens (tertiary/aromatic N) is 1. The Morgan fingerprint density at radius 1 is 1.19 bits per heavy atom. The van der Waals surface area contributed by atoms with Gasteiger partial charge in [-0.3, -0.25) is 4.98 Å². The predicted molar refractivity (Wildman–Crippen MR) is 88.6 cm³/mol. The van der Waals surface area contributed by atoms with E-state index in [-0.39, 0.29) is 0 Å². The molecule has 21 heavy (non-hydrogen) atoms. The van der Waals surface area contributed by atoms with Gasteiger partial charge < -0.3 is 5.32 Å². The fraction of sp³-hybridized carbons (Fsp3) is 0.737. The van der Waals surface area contributed by atoms with Gasteiger partial charge in [0.25, 0.3) is 0 Å². The zero-order valence-electron chi connectivity index (χ0n) is 13.5. The van der Waals surface area contributed by atoms with Crippen LogP contribution in [0.15, 0.2) is 18.3 Å². The van der Waals surface area contributed by atoms with Gasteiger partial charge in [0.2, 0.25) is 0 Å². The van der Waals surface area contributed by atoms with Crippen molar-refractivity contribution < 1.29 is 0 Å². The number of pyridine rings is 1. The fourth-order valence-corrected chi connectivity index (χ4v) is 4.44. The molecule has 2 aliphatic carbocycles. The summed E-state index contributed by atoms with van der Waals surface area (Å²) in [7, 11) is 0. The summed E-state index contributed by atoms with van der Waals surface area (Å²) < 4.78 is 0. The summed E-state index contributed by atoms with van der Waals surface area (Å²) in [5, 5.41) is 3.91. The van der Waals surface area contributed by atoms with Crippen molar-refractivity contribution in [2.75, 3.05) is 6.54 Å². The molecular formula is C19H30N2. The van der Waals surface area contributed by atoms with Crippen molar-refractivity contribution in [3.63, 3.8) is 0 Å². The van der Waals surface area contributed by atoms with E-state index in [4.69, 9.17) is 4.98 Å². The maximum atomic E-state index is 4.78. The summed E-state index contributed by atoms with van der Waals surface area (Å²) in [4.78, 5) is 4.78. The smallest absolute Gasteiger partial charge is 0.0482 e. The number of hydrogen-bond acceptors (Lipinski definition) is 2. The Balaban J connectivity index is 1.82. The Morgan fingerprint density at radius 2 is 2.05 bits per heavy atom. The fourth-order valence-electron chi connectivity index (χ4n) is 4.44. The molecule has 1 aromatic rings. The van der Waals surface area contributed by atoms with E-state index in [1.807, 2.05) is 6.20 Å². The van der Waals surface area contributed by atoms with Crippen LogP contribution in [0.25, 0.3) is 0 Å². The Hall–Kier alpha value is -0.890. The third kappa shape index (κ3) is 3.48. The van der Waals surface area contributed by atoms with Gasteiger partial charge in [-0.2, -0.15) is 0 Å². The number of aromatic nitrogens is 1. The molecule has 2 atom stereocenters. The molecule has 3 rings (SSSR count). The highest BCUT2D eigenvalue weighted by Gasteiger charge is 2.34. The van der Waals surface area contributed by atoms with Crippen LogP contribution in [0, 0.1) is 5.92 Å². The Labute approximate surface area is 129 Å². The molecule has 1 fully saturated rings. The van der Waals surface area contributed by atoms with Gasteiger partial charge in [0.1, 0.15) is 0 Å². The third-order valence-corrected chi connectivity index (χ3v) is 5.46. The second-order valence-corrected chi connectivity index (χ2v) is 6.92. The first-order chi connectivity index (χ1) is 10.4. The third-order valence-electron chi connectivity index (χ3n) is 5.46. The standard InChI is InChI=1S/C19H30N2/c1-2-13-20-18(15-8-4-3-5-9-15)17-12-6-10-16-11-7-14-21-19(16)17/h7,11,14-15,17-18,20H,2-6,8-10,12-13H2,1H3. The molecule has 0 saturated heterocycles. The molecule has 0 bridgehead atoms. The largest absolute Gasteiger partial charge is 0.313 e. The molecule has 2 heteroatoms. The molecule has 1 heterocycles. The van der Waals surface area contributed by atoms with Crippen LogP contribution in [0.3, 0.4) is 0 Å². The highest BCUT2D eigenvalue weighted by Crippen LogP contribution is 2.39. The van der Waals surface area contributed by atoms with E-state index in [9.17, 15) is 0 Å². The van der Waals surface area contributed by atoms with Crippen molar-refractivity contribution in [2.24, 2.45) is 5.92 Å². The normalized spacial score (nSPS) is 24.5. The summed E-state index contributed by atoms with van der Waals surface area (Å²) in [6.45, 7) is 3.43. The van der Waals surface area contributed by atoms with Crippen molar-refractivity contribution in [3.05, 3.63) is 29.6 Å². The van der Waals surface area contributed by atoms with Gasteiger partial charge in [-0.15, -0.1) is 0 Å². The van der Waals surface area contributed by atoms with Crippen molar-refractivity contribution in [1.29, 1.82) is 0 Å². The van der Waals surface area contributed by atoms with E-state index in [1.165, 1.54) is 69.0 Å². The van der Waals surface area contributed by atoms with E-state index in [1.54, 1.807) is 0 Å². The second-order valence-electron chi connectivity index (χ2n) is 6.92. The average Bonchev–Trinajstić information content (AvgIpc) is 2.56. The van der Waals surface area contributed by atoms with Crippen molar-refractivity contribution in [3.8, 4) is 0 Å². The predicted octanol–water partition coefficient (Wildman–Crippen LogP) is 4.45. The molecule has 0 aromatic carbocycles. The van der Waals surface area contributed by atoms with Gasteiger partial charge in [0.15, 0.2) is 0 Å². The highest BCUT2D eigenvalue weighted by atomic mass is 14.9. The van der Waals surface area contributed by atoms with Crippen LogP contribution in [0.5, 0.6) is 0 Å². The first-order valence-corrected chi connectivity index (χ1v) is 9.07. The Bertz CT molecular complexity index is 437. The summed E-state index contributed by atoms with van der Waals surface area (Å²) in [6.07, 6.45) is 14.2. The van der Waals surface area contributed by atoms with E-state index >= 15 is 0 Å². The van der Waals surface area contributed by atoms with Gasteiger partial charge in [-0.1, -0.05) is 32.3 Å². The molecule has 0 spiro atoms. The molecule has 1 aromatic heterocycles. The van der Waals surface area contributed by atoms with Crippen LogP contribution in [-0.4, -0.2) is 17.6 Å². The van der Waals surface area contributed by atoms with Crippen molar-refractivity contribution >= 4 is 0 Å². The maximum Gasteiger partial charge on any atom is 0.0482 e. The zero-order chi connectivity index (χ0) is 14.5. The molecule has 2 unspecified atom stereocenters. The second kappa shape index (κ2) is 7.40. The number of fused-ring (bicyclic) bond motifs is 1. The molecule has 2 nitrogen and oxygen atoms in total. The number of rotatable bonds is 5. The number of aryl methyl sites for hydroxylation is 1. The quantitative estimate of drug-likeness (QED) is 0.865.